The lowest BCUT2D eigenvalue weighted by Crippen LogP contribution is -2.88. The molecule has 0 spiro atoms. The van der Waals surface area contributed by atoms with Gasteiger partial charge in [0.15, 0.2) is 0 Å². The molecule has 1 fully saturated rings. The summed E-state index contributed by atoms with van der Waals surface area (Å²) in [6, 6.07) is 9.38. The fraction of sp³-hybridized carbons (Fsp3) is 0.600. The Hall–Kier alpha value is -1.02. The average Bonchev–Trinajstić information content (AvgIpc) is 2.40. The zero-order valence-corrected chi connectivity index (χ0v) is 10.8. The zero-order valence-electron chi connectivity index (χ0n) is 10.8. The summed E-state index contributed by atoms with van der Waals surface area (Å²) in [7, 11) is 0. The molecule has 1 aromatic carbocycles. The molecule has 0 amide bonds. The number of benzene rings is 1. The first kappa shape index (κ1) is 12.4. The normalized spacial score (nSPS) is 17.0. The molecule has 1 saturated carbocycles. The lowest BCUT2D eigenvalue weighted by atomic mass is 9.95. The molecule has 0 bridgehead atoms. The fourth-order valence-corrected chi connectivity index (χ4v) is 2.56. The van der Waals surface area contributed by atoms with Crippen LogP contribution in [-0.2, 0) is 6.54 Å². The van der Waals surface area contributed by atoms with E-state index in [4.69, 9.17) is 4.74 Å². The van der Waals surface area contributed by atoms with Crippen LogP contribution in [0.25, 0.3) is 0 Å². The minimum Gasteiger partial charge on any atom is -0.494 e. The Morgan fingerprint density at radius 2 is 1.82 bits per heavy atom. The van der Waals surface area contributed by atoms with E-state index in [0.717, 1.165) is 24.9 Å². The van der Waals surface area contributed by atoms with Crippen LogP contribution in [0.2, 0.25) is 0 Å². The van der Waals surface area contributed by atoms with Crippen molar-refractivity contribution in [3.05, 3.63) is 29.8 Å². The number of nitrogens with two attached hydrogens (primary N) is 1. The molecule has 0 radical (unpaired) electrons. The summed E-state index contributed by atoms with van der Waals surface area (Å²) in [4.78, 5) is 0. The maximum absolute atomic E-state index is 5.45. The van der Waals surface area contributed by atoms with Gasteiger partial charge in [-0.2, -0.15) is 0 Å². The Morgan fingerprint density at radius 3 is 2.47 bits per heavy atom. The van der Waals surface area contributed by atoms with Gasteiger partial charge >= 0.3 is 0 Å². The molecule has 2 heteroatoms. The van der Waals surface area contributed by atoms with Gasteiger partial charge in [0.25, 0.3) is 0 Å². The molecular weight excluding hydrogens is 210 g/mol. The van der Waals surface area contributed by atoms with Crippen LogP contribution in [-0.4, -0.2) is 12.6 Å². The molecule has 0 aliphatic heterocycles. The summed E-state index contributed by atoms with van der Waals surface area (Å²) in [6.45, 7) is 3.87. The monoisotopic (exact) mass is 234 g/mol. The van der Waals surface area contributed by atoms with Crippen molar-refractivity contribution < 1.29 is 10.1 Å². The molecular formula is C15H24NO+. The van der Waals surface area contributed by atoms with Gasteiger partial charge in [-0.25, -0.2) is 0 Å². The molecule has 0 aromatic heterocycles. The van der Waals surface area contributed by atoms with Crippen molar-refractivity contribution in [2.75, 3.05) is 6.61 Å². The van der Waals surface area contributed by atoms with Crippen molar-refractivity contribution in [3.8, 4) is 5.75 Å². The van der Waals surface area contributed by atoms with Crippen molar-refractivity contribution in [1.82, 2.24) is 0 Å². The first-order chi connectivity index (χ1) is 8.38. The highest BCUT2D eigenvalue weighted by atomic mass is 16.5. The summed E-state index contributed by atoms with van der Waals surface area (Å²) in [5.41, 5.74) is 1.40. The number of hydrogen-bond acceptors (Lipinski definition) is 1. The lowest BCUT2D eigenvalue weighted by molar-refractivity contribution is -0.706. The van der Waals surface area contributed by atoms with E-state index in [1.165, 1.54) is 37.7 Å². The van der Waals surface area contributed by atoms with Crippen molar-refractivity contribution in [2.45, 2.75) is 51.6 Å². The SMILES string of the molecule is CCOc1ccc(C[NH2+]C2CCCCC2)cc1. The summed E-state index contributed by atoms with van der Waals surface area (Å²) in [5.74, 6) is 0.980. The summed E-state index contributed by atoms with van der Waals surface area (Å²) >= 11 is 0. The minimum absolute atomic E-state index is 0.744. The van der Waals surface area contributed by atoms with Crippen LogP contribution >= 0.6 is 0 Å². The summed E-state index contributed by atoms with van der Waals surface area (Å²) in [6.07, 6.45) is 7.08. The number of quaternary nitrogens is 1. The van der Waals surface area contributed by atoms with Crippen LogP contribution in [0.3, 0.4) is 0 Å². The predicted molar refractivity (Wildman–Crippen MR) is 70.1 cm³/mol. The zero-order chi connectivity index (χ0) is 11.9. The van der Waals surface area contributed by atoms with Gasteiger partial charge in [-0.1, -0.05) is 6.42 Å². The highest BCUT2D eigenvalue weighted by Crippen LogP contribution is 2.15. The van der Waals surface area contributed by atoms with Crippen LogP contribution in [0.5, 0.6) is 5.75 Å². The largest absolute Gasteiger partial charge is 0.494 e. The highest BCUT2D eigenvalue weighted by molar-refractivity contribution is 5.26. The van der Waals surface area contributed by atoms with Crippen molar-refractivity contribution >= 4 is 0 Å². The molecule has 2 nitrogen and oxygen atoms in total. The van der Waals surface area contributed by atoms with Gasteiger partial charge in [0.2, 0.25) is 0 Å². The van der Waals surface area contributed by atoms with Gasteiger partial charge in [0.05, 0.1) is 12.6 Å². The molecule has 0 unspecified atom stereocenters. The van der Waals surface area contributed by atoms with Crippen molar-refractivity contribution in [1.29, 1.82) is 0 Å². The van der Waals surface area contributed by atoms with Crippen LogP contribution in [0, 0.1) is 0 Å². The Morgan fingerprint density at radius 1 is 1.12 bits per heavy atom. The number of ether oxygens (including phenoxy) is 1. The van der Waals surface area contributed by atoms with E-state index in [9.17, 15) is 0 Å². The quantitative estimate of drug-likeness (QED) is 0.832. The van der Waals surface area contributed by atoms with Gasteiger partial charge < -0.3 is 10.1 Å². The molecule has 0 saturated heterocycles. The Labute approximate surface area is 104 Å². The Kier molecular flexibility index (Phi) is 4.87. The molecule has 2 N–H and O–H groups in total. The summed E-state index contributed by atoms with van der Waals surface area (Å²) < 4.78 is 5.45. The van der Waals surface area contributed by atoms with Crippen molar-refractivity contribution in [2.24, 2.45) is 0 Å². The van der Waals surface area contributed by atoms with E-state index in [1.54, 1.807) is 0 Å². The Balaban J connectivity index is 1.77. The smallest absolute Gasteiger partial charge is 0.119 e. The molecule has 1 aliphatic rings. The van der Waals surface area contributed by atoms with Gasteiger partial charge in [-0.15, -0.1) is 0 Å². The van der Waals surface area contributed by atoms with Crippen LogP contribution in [0.1, 0.15) is 44.6 Å². The second kappa shape index (κ2) is 6.65. The van der Waals surface area contributed by atoms with Gasteiger partial charge in [0.1, 0.15) is 12.3 Å². The van der Waals surface area contributed by atoms with Crippen LogP contribution < -0.4 is 10.1 Å². The first-order valence-corrected chi connectivity index (χ1v) is 6.93. The van der Waals surface area contributed by atoms with Gasteiger partial charge in [-0.3, -0.25) is 0 Å². The van der Waals surface area contributed by atoms with E-state index in [-0.39, 0.29) is 0 Å². The molecule has 0 heterocycles. The molecule has 0 atom stereocenters. The Bertz CT molecular complexity index is 314. The second-order valence-electron chi connectivity index (χ2n) is 4.91. The average molecular weight is 234 g/mol. The van der Waals surface area contributed by atoms with Crippen molar-refractivity contribution in [3.63, 3.8) is 0 Å². The van der Waals surface area contributed by atoms with E-state index in [1.807, 2.05) is 6.92 Å². The lowest BCUT2D eigenvalue weighted by Gasteiger charge is -2.19. The third kappa shape index (κ3) is 4.04. The third-order valence-electron chi connectivity index (χ3n) is 3.57. The standard InChI is InChI=1S/C15H23NO/c1-2-17-15-10-8-13(9-11-15)12-16-14-6-4-3-5-7-14/h8-11,14,16H,2-7,12H2,1H3/p+1. The molecule has 94 valence electrons. The van der Waals surface area contributed by atoms with Gasteiger partial charge in [-0.05, 0) is 56.9 Å². The van der Waals surface area contributed by atoms with E-state index >= 15 is 0 Å². The maximum atomic E-state index is 5.45. The highest BCUT2D eigenvalue weighted by Gasteiger charge is 2.15. The van der Waals surface area contributed by atoms with E-state index in [0.29, 0.717) is 0 Å². The maximum Gasteiger partial charge on any atom is 0.119 e. The van der Waals surface area contributed by atoms with Crippen LogP contribution in [0.4, 0.5) is 0 Å². The minimum atomic E-state index is 0.744. The van der Waals surface area contributed by atoms with E-state index < -0.39 is 0 Å². The number of hydrogen-bond donors (Lipinski definition) is 1. The predicted octanol–water partition coefficient (Wildman–Crippen LogP) is 2.48. The fourth-order valence-electron chi connectivity index (χ4n) is 2.56. The van der Waals surface area contributed by atoms with E-state index in [2.05, 4.69) is 29.6 Å². The van der Waals surface area contributed by atoms with Crippen LogP contribution in [0.15, 0.2) is 24.3 Å². The molecule has 1 aromatic rings. The molecule has 2 rings (SSSR count). The topological polar surface area (TPSA) is 25.8 Å². The molecule has 1 aliphatic carbocycles. The number of rotatable bonds is 5. The second-order valence-corrected chi connectivity index (χ2v) is 4.91. The first-order valence-electron chi connectivity index (χ1n) is 6.93. The molecule has 17 heavy (non-hydrogen) atoms. The van der Waals surface area contributed by atoms with Gasteiger partial charge in [0, 0.05) is 5.56 Å². The third-order valence-corrected chi connectivity index (χ3v) is 3.57. The summed E-state index contributed by atoms with van der Waals surface area (Å²) in [5, 5.41) is 2.51.